The van der Waals surface area contributed by atoms with Gasteiger partial charge in [-0.05, 0) is 61.4 Å². The van der Waals surface area contributed by atoms with Gasteiger partial charge in [0.1, 0.15) is 5.75 Å². The molecule has 1 aliphatic heterocycles. The van der Waals surface area contributed by atoms with Gasteiger partial charge >= 0.3 is 6.16 Å². The normalized spacial score (nSPS) is 30.7. The average molecular weight is 331 g/mol. The summed E-state index contributed by atoms with van der Waals surface area (Å²) in [5.41, 5.74) is 3.23. The van der Waals surface area contributed by atoms with Gasteiger partial charge in [-0.1, -0.05) is 18.9 Å². The quantitative estimate of drug-likeness (QED) is 0.681. The molecule has 3 atom stereocenters. The lowest BCUT2D eigenvalue weighted by Crippen LogP contribution is -2.59. The number of methoxy groups -OCH3 is 1. The van der Waals surface area contributed by atoms with Crippen LogP contribution in [0, 0.1) is 5.92 Å². The fourth-order valence-corrected chi connectivity index (χ4v) is 5.20. The van der Waals surface area contributed by atoms with Crippen LogP contribution in [-0.2, 0) is 21.3 Å². The van der Waals surface area contributed by atoms with E-state index in [0.29, 0.717) is 11.5 Å². The second kappa shape index (κ2) is 6.28. The predicted octanol–water partition coefficient (Wildman–Crippen LogP) is 3.15. The number of fused-ring (bicyclic) bond motifs is 1. The highest BCUT2D eigenvalue weighted by molar-refractivity contribution is 5.59. The molecule has 0 unspecified atom stereocenters. The van der Waals surface area contributed by atoms with Crippen molar-refractivity contribution < 1.29 is 19.0 Å². The third kappa shape index (κ3) is 2.55. The van der Waals surface area contributed by atoms with Crippen molar-refractivity contribution in [3.05, 3.63) is 29.3 Å². The van der Waals surface area contributed by atoms with Crippen molar-refractivity contribution >= 4 is 6.16 Å². The van der Waals surface area contributed by atoms with Gasteiger partial charge in [0.05, 0.1) is 7.11 Å². The van der Waals surface area contributed by atoms with Crippen molar-refractivity contribution in [2.45, 2.75) is 50.0 Å². The third-order valence-corrected chi connectivity index (χ3v) is 6.19. The van der Waals surface area contributed by atoms with Gasteiger partial charge in [-0.3, -0.25) is 0 Å². The van der Waals surface area contributed by atoms with E-state index in [1.165, 1.54) is 50.3 Å². The summed E-state index contributed by atoms with van der Waals surface area (Å²) in [4.78, 5) is 11.0. The van der Waals surface area contributed by atoms with Gasteiger partial charge in [-0.15, -0.1) is 0 Å². The molecule has 1 aromatic rings. The molecule has 1 N–H and O–H groups in total. The number of carbonyl (C=O) groups is 1. The molecule has 0 radical (unpaired) electrons. The first-order valence-electron chi connectivity index (χ1n) is 8.93. The zero-order valence-electron chi connectivity index (χ0n) is 14.2. The molecule has 130 valence electrons. The van der Waals surface area contributed by atoms with E-state index in [9.17, 15) is 4.79 Å². The molecule has 0 amide bonds. The Balaban J connectivity index is 1.60. The van der Waals surface area contributed by atoms with Crippen LogP contribution in [0.2, 0.25) is 0 Å². The fraction of sp³-hybridized carbons (Fsp3) is 0.632. The minimum absolute atomic E-state index is 0.119. The number of hydrogen-bond donors (Lipinski definition) is 1. The average Bonchev–Trinajstić information content (AvgIpc) is 2.62. The van der Waals surface area contributed by atoms with E-state index in [1.54, 1.807) is 0 Å². The summed E-state index contributed by atoms with van der Waals surface area (Å²) >= 11 is 0. The monoisotopic (exact) mass is 331 g/mol. The first-order valence-corrected chi connectivity index (χ1v) is 8.93. The molecular formula is C19H25NO4. The van der Waals surface area contributed by atoms with Crippen LogP contribution in [0.25, 0.3) is 0 Å². The molecule has 4 rings (SSSR count). The summed E-state index contributed by atoms with van der Waals surface area (Å²) in [5.74, 6) is 1.52. The highest BCUT2D eigenvalue weighted by Gasteiger charge is 2.51. The summed E-state index contributed by atoms with van der Waals surface area (Å²) in [7, 11) is 1.29. The van der Waals surface area contributed by atoms with Crippen molar-refractivity contribution in [2.75, 3.05) is 20.4 Å². The zero-order chi connectivity index (χ0) is 16.6. The van der Waals surface area contributed by atoms with Crippen LogP contribution in [0.4, 0.5) is 4.79 Å². The molecule has 2 fully saturated rings. The predicted molar refractivity (Wildman–Crippen MR) is 89.2 cm³/mol. The summed E-state index contributed by atoms with van der Waals surface area (Å²) < 4.78 is 14.9. The van der Waals surface area contributed by atoms with E-state index in [1.807, 2.05) is 6.07 Å². The van der Waals surface area contributed by atoms with E-state index in [2.05, 4.69) is 22.2 Å². The topological polar surface area (TPSA) is 56.8 Å². The number of benzene rings is 1. The summed E-state index contributed by atoms with van der Waals surface area (Å²) in [6.07, 6.45) is 6.88. The van der Waals surface area contributed by atoms with Crippen molar-refractivity contribution in [1.82, 2.24) is 5.32 Å². The number of ether oxygens (including phenoxy) is 3. The first-order chi connectivity index (χ1) is 11.7. The van der Waals surface area contributed by atoms with Gasteiger partial charge in [0.15, 0.2) is 0 Å². The van der Waals surface area contributed by atoms with Crippen LogP contribution in [0.1, 0.15) is 43.2 Å². The Hall–Kier alpha value is -1.75. The van der Waals surface area contributed by atoms with Crippen molar-refractivity contribution in [3.8, 4) is 5.75 Å². The molecule has 24 heavy (non-hydrogen) atoms. The SMILES string of the molecule is COC(=O)OCOc1ccc2c(c1)[C@@]13CCCC[C@@H]1[C@H](C2)NCC3. The summed E-state index contributed by atoms with van der Waals surface area (Å²) in [6, 6.07) is 6.99. The van der Waals surface area contributed by atoms with Gasteiger partial charge in [-0.2, -0.15) is 0 Å². The fourth-order valence-electron chi connectivity index (χ4n) is 5.20. The van der Waals surface area contributed by atoms with Crippen LogP contribution < -0.4 is 10.1 Å². The molecule has 5 heteroatoms. The molecular weight excluding hydrogens is 306 g/mol. The smallest absolute Gasteiger partial charge is 0.457 e. The molecule has 1 saturated heterocycles. The molecule has 5 nitrogen and oxygen atoms in total. The Labute approximate surface area is 142 Å². The number of rotatable bonds is 3. The molecule has 3 aliphatic rings. The Morgan fingerprint density at radius 3 is 3.12 bits per heavy atom. The van der Waals surface area contributed by atoms with Crippen LogP contribution in [0.15, 0.2) is 18.2 Å². The summed E-state index contributed by atoms with van der Waals surface area (Å²) in [6.45, 7) is 0.989. The van der Waals surface area contributed by atoms with E-state index in [-0.39, 0.29) is 6.79 Å². The van der Waals surface area contributed by atoms with Gasteiger partial charge in [-0.25, -0.2) is 4.79 Å². The van der Waals surface area contributed by atoms with Crippen molar-refractivity contribution in [1.29, 1.82) is 0 Å². The highest BCUT2D eigenvalue weighted by atomic mass is 16.8. The van der Waals surface area contributed by atoms with E-state index in [4.69, 9.17) is 9.47 Å². The second-order valence-corrected chi connectivity index (χ2v) is 7.20. The van der Waals surface area contributed by atoms with E-state index < -0.39 is 6.16 Å². The Morgan fingerprint density at radius 2 is 2.25 bits per heavy atom. The molecule has 1 saturated carbocycles. The second-order valence-electron chi connectivity index (χ2n) is 7.20. The minimum Gasteiger partial charge on any atom is -0.457 e. The van der Waals surface area contributed by atoms with Crippen LogP contribution in [0.3, 0.4) is 0 Å². The molecule has 0 aromatic heterocycles. The maximum Gasteiger partial charge on any atom is 0.510 e. The van der Waals surface area contributed by atoms with E-state index in [0.717, 1.165) is 24.6 Å². The lowest BCUT2D eigenvalue weighted by Gasteiger charge is -2.56. The number of carbonyl (C=O) groups excluding carboxylic acids is 1. The number of piperidine rings is 1. The van der Waals surface area contributed by atoms with Crippen LogP contribution in [-0.4, -0.2) is 32.6 Å². The standard InChI is InChI=1S/C19H25NO4/c1-22-18(21)24-12-23-14-6-5-13-10-17-15-4-2-3-7-19(15,8-9-20-17)16(13)11-14/h5-6,11,15,17,20H,2-4,7-10,12H2,1H3/t15-,17+,19-/m1/s1. The van der Waals surface area contributed by atoms with Gasteiger partial charge in [0.2, 0.25) is 6.79 Å². The minimum atomic E-state index is -0.722. The Kier molecular flexibility index (Phi) is 4.12. The van der Waals surface area contributed by atoms with Gasteiger partial charge in [0, 0.05) is 11.5 Å². The largest absolute Gasteiger partial charge is 0.510 e. The maximum atomic E-state index is 11.0. The Morgan fingerprint density at radius 1 is 1.33 bits per heavy atom. The Bertz CT molecular complexity index is 628. The van der Waals surface area contributed by atoms with Crippen LogP contribution in [0.5, 0.6) is 5.75 Å². The third-order valence-electron chi connectivity index (χ3n) is 6.19. The molecule has 1 heterocycles. The molecule has 2 bridgehead atoms. The lowest BCUT2D eigenvalue weighted by molar-refractivity contribution is 0.0147. The van der Waals surface area contributed by atoms with Crippen LogP contribution >= 0.6 is 0 Å². The van der Waals surface area contributed by atoms with Crippen molar-refractivity contribution in [3.63, 3.8) is 0 Å². The molecule has 0 spiro atoms. The van der Waals surface area contributed by atoms with Crippen molar-refractivity contribution in [2.24, 2.45) is 5.92 Å². The van der Waals surface area contributed by atoms with Gasteiger partial charge < -0.3 is 19.5 Å². The summed E-state index contributed by atoms with van der Waals surface area (Å²) in [5, 5.41) is 3.75. The first kappa shape index (κ1) is 15.8. The zero-order valence-corrected chi connectivity index (χ0v) is 14.2. The van der Waals surface area contributed by atoms with Gasteiger partial charge in [0.25, 0.3) is 0 Å². The van der Waals surface area contributed by atoms with E-state index >= 15 is 0 Å². The highest BCUT2D eigenvalue weighted by Crippen LogP contribution is 2.54. The maximum absolute atomic E-state index is 11.0. The number of hydrogen-bond acceptors (Lipinski definition) is 5. The number of nitrogens with one attached hydrogen (secondary N) is 1. The molecule has 1 aromatic carbocycles. The lowest BCUT2D eigenvalue weighted by atomic mass is 9.53. The molecule has 2 aliphatic carbocycles.